The van der Waals surface area contributed by atoms with Crippen LogP contribution in [0.25, 0.3) is 0 Å². The Hall–Kier alpha value is -1.89. The van der Waals surface area contributed by atoms with E-state index < -0.39 is 16.0 Å². The number of anilines is 1. The fourth-order valence-corrected chi connectivity index (χ4v) is 5.43. The lowest BCUT2D eigenvalue weighted by Crippen LogP contribution is -2.16. The molecule has 21 heavy (non-hydrogen) atoms. The SMILES string of the molecule is COC(=O)c1scc(C)c1S(=O)(=O)Nc1sccc1C#N. The van der Waals surface area contributed by atoms with Crippen LogP contribution in [0.1, 0.15) is 20.8 Å². The molecular formula is C12H10N2O4S3. The average molecular weight is 342 g/mol. The number of nitrogens with zero attached hydrogens (tertiary/aromatic N) is 1. The first kappa shape index (κ1) is 15.5. The molecule has 0 amide bonds. The molecule has 2 rings (SSSR count). The molecular weight excluding hydrogens is 332 g/mol. The van der Waals surface area contributed by atoms with Gasteiger partial charge in [0, 0.05) is 0 Å². The van der Waals surface area contributed by atoms with Crippen LogP contribution in [0.3, 0.4) is 0 Å². The summed E-state index contributed by atoms with van der Waals surface area (Å²) in [5, 5.41) is 12.3. The molecule has 0 aliphatic heterocycles. The number of hydrogen-bond donors (Lipinski definition) is 1. The first-order chi connectivity index (χ1) is 9.90. The van der Waals surface area contributed by atoms with Crippen LogP contribution in [0, 0.1) is 18.3 Å². The minimum Gasteiger partial charge on any atom is -0.465 e. The van der Waals surface area contributed by atoms with Gasteiger partial charge in [-0.2, -0.15) is 5.26 Å². The Morgan fingerprint density at radius 1 is 1.43 bits per heavy atom. The standard InChI is InChI=1S/C12H10N2O4S3/c1-7-6-20-9(12(15)18-2)10(7)21(16,17)14-11-8(5-13)3-4-19-11/h3-4,6,14H,1-2H3. The number of hydrogen-bond acceptors (Lipinski definition) is 7. The quantitative estimate of drug-likeness (QED) is 0.862. The lowest BCUT2D eigenvalue weighted by Gasteiger charge is -2.08. The number of nitrogens with one attached hydrogen (secondary N) is 1. The predicted octanol–water partition coefficient (Wildman–Crippen LogP) is 2.58. The normalized spacial score (nSPS) is 10.9. The molecule has 0 saturated heterocycles. The molecule has 0 aromatic carbocycles. The molecule has 0 radical (unpaired) electrons. The molecule has 0 unspecified atom stereocenters. The minimum atomic E-state index is -3.97. The molecule has 6 nitrogen and oxygen atoms in total. The van der Waals surface area contributed by atoms with Gasteiger partial charge in [0.05, 0.1) is 12.7 Å². The summed E-state index contributed by atoms with van der Waals surface area (Å²) in [5.74, 6) is -0.708. The zero-order valence-electron chi connectivity index (χ0n) is 11.0. The number of ether oxygens (including phenoxy) is 1. The summed E-state index contributed by atoms with van der Waals surface area (Å²) in [5.41, 5.74) is 0.680. The van der Waals surface area contributed by atoms with E-state index in [1.807, 2.05) is 6.07 Å². The van der Waals surface area contributed by atoms with Gasteiger partial charge in [0.2, 0.25) is 0 Å². The van der Waals surface area contributed by atoms with E-state index in [-0.39, 0.29) is 20.3 Å². The molecule has 0 fully saturated rings. The molecule has 0 saturated carbocycles. The summed E-state index contributed by atoms with van der Waals surface area (Å²) in [6.45, 7) is 1.59. The molecule has 2 heterocycles. The Labute approximate surface area is 129 Å². The van der Waals surface area contributed by atoms with Crippen molar-refractivity contribution in [3.8, 4) is 6.07 Å². The largest absolute Gasteiger partial charge is 0.465 e. The Bertz CT molecular complexity index is 827. The number of carbonyl (C=O) groups excluding carboxylic acids is 1. The van der Waals surface area contributed by atoms with E-state index in [1.54, 1.807) is 17.7 Å². The zero-order valence-corrected chi connectivity index (χ0v) is 13.5. The minimum absolute atomic E-state index is 0.0116. The summed E-state index contributed by atoms with van der Waals surface area (Å²) in [4.78, 5) is 11.6. The van der Waals surface area contributed by atoms with Crippen molar-refractivity contribution in [2.75, 3.05) is 11.8 Å². The number of methoxy groups -OCH3 is 1. The third kappa shape index (κ3) is 2.92. The molecule has 0 aliphatic carbocycles. The first-order valence-electron chi connectivity index (χ1n) is 5.57. The van der Waals surface area contributed by atoms with Crippen molar-refractivity contribution in [1.29, 1.82) is 5.26 Å². The van der Waals surface area contributed by atoms with Crippen molar-refractivity contribution in [2.24, 2.45) is 0 Å². The maximum absolute atomic E-state index is 12.5. The number of nitriles is 1. The molecule has 0 aliphatic rings. The van der Waals surface area contributed by atoms with Gasteiger partial charge < -0.3 is 4.74 Å². The highest BCUT2D eigenvalue weighted by Gasteiger charge is 2.28. The molecule has 110 valence electrons. The number of rotatable bonds is 4. The Morgan fingerprint density at radius 2 is 2.14 bits per heavy atom. The number of carbonyl (C=O) groups is 1. The second-order valence-electron chi connectivity index (χ2n) is 3.95. The summed E-state index contributed by atoms with van der Waals surface area (Å²) in [6.07, 6.45) is 0. The number of aryl methyl sites for hydroxylation is 1. The second-order valence-corrected chi connectivity index (χ2v) is 7.36. The van der Waals surface area contributed by atoms with Gasteiger partial charge in [-0.05, 0) is 29.3 Å². The number of thiophene rings is 2. The molecule has 2 aromatic rings. The highest BCUT2D eigenvalue weighted by atomic mass is 32.2. The van der Waals surface area contributed by atoms with Gasteiger partial charge >= 0.3 is 5.97 Å². The zero-order chi connectivity index (χ0) is 15.6. The van der Waals surface area contributed by atoms with Crippen LogP contribution in [-0.2, 0) is 14.8 Å². The van der Waals surface area contributed by atoms with Gasteiger partial charge in [-0.25, -0.2) is 13.2 Å². The molecule has 9 heteroatoms. The fraction of sp³-hybridized carbons (Fsp3) is 0.167. The Kier molecular flexibility index (Phi) is 4.32. The van der Waals surface area contributed by atoms with Crippen molar-refractivity contribution in [3.63, 3.8) is 0 Å². The van der Waals surface area contributed by atoms with Crippen LogP contribution in [0.15, 0.2) is 21.7 Å². The van der Waals surface area contributed by atoms with Gasteiger partial charge in [0.15, 0.2) is 0 Å². The molecule has 0 atom stereocenters. The van der Waals surface area contributed by atoms with Crippen molar-refractivity contribution in [2.45, 2.75) is 11.8 Å². The lowest BCUT2D eigenvalue weighted by molar-refractivity contribution is 0.0602. The molecule has 2 aromatic heterocycles. The van der Waals surface area contributed by atoms with Crippen molar-refractivity contribution in [3.05, 3.63) is 32.8 Å². The molecule has 0 bridgehead atoms. The first-order valence-corrected chi connectivity index (χ1v) is 8.81. The van der Waals surface area contributed by atoms with Crippen molar-refractivity contribution >= 4 is 43.7 Å². The van der Waals surface area contributed by atoms with E-state index in [0.29, 0.717) is 5.56 Å². The highest BCUT2D eigenvalue weighted by molar-refractivity contribution is 7.93. The van der Waals surface area contributed by atoms with Crippen LogP contribution < -0.4 is 4.72 Å². The average Bonchev–Trinajstić information content (AvgIpc) is 3.03. The van der Waals surface area contributed by atoms with Crippen LogP contribution >= 0.6 is 22.7 Å². The Morgan fingerprint density at radius 3 is 2.76 bits per heavy atom. The van der Waals surface area contributed by atoms with E-state index in [2.05, 4.69) is 9.46 Å². The monoisotopic (exact) mass is 342 g/mol. The van der Waals surface area contributed by atoms with Crippen molar-refractivity contribution in [1.82, 2.24) is 0 Å². The van der Waals surface area contributed by atoms with Gasteiger partial charge in [0.1, 0.15) is 20.8 Å². The van der Waals surface area contributed by atoms with Gasteiger partial charge in [-0.15, -0.1) is 22.7 Å². The van der Waals surface area contributed by atoms with E-state index in [1.165, 1.54) is 13.2 Å². The van der Waals surface area contributed by atoms with E-state index >= 15 is 0 Å². The van der Waals surface area contributed by atoms with E-state index in [4.69, 9.17) is 5.26 Å². The predicted molar refractivity (Wildman–Crippen MR) is 80.2 cm³/mol. The second kappa shape index (κ2) is 5.85. The van der Waals surface area contributed by atoms with Crippen LogP contribution in [-0.4, -0.2) is 21.5 Å². The van der Waals surface area contributed by atoms with Crippen LogP contribution in [0.2, 0.25) is 0 Å². The van der Waals surface area contributed by atoms with E-state index in [0.717, 1.165) is 22.7 Å². The maximum atomic E-state index is 12.5. The van der Waals surface area contributed by atoms with Crippen LogP contribution in [0.5, 0.6) is 0 Å². The van der Waals surface area contributed by atoms with Gasteiger partial charge in [0.25, 0.3) is 10.0 Å². The van der Waals surface area contributed by atoms with E-state index in [9.17, 15) is 13.2 Å². The summed E-state index contributed by atoms with van der Waals surface area (Å²) < 4.78 is 31.9. The molecule has 1 N–H and O–H groups in total. The number of esters is 1. The summed E-state index contributed by atoms with van der Waals surface area (Å²) in [6, 6.07) is 3.42. The molecule has 0 spiro atoms. The maximum Gasteiger partial charge on any atom is 0.349 e. The van der Waals surface area contributed by atoms with Crippen LogP contribution in [0.4, 0.5) is 5.00 Å². The van der Waals surface area contributed by atoms with Gasteiger partial charge in [-0.3, -0.25) is 4.72 Å². The van der Waals surface area contributed by atoms with Gasteiger partial charge in [-0.1, -0.05) is 0 Å². The summed E-state index contributed by atoms with van der Waals surface area (Å²) in [7, 11) is -2.78. The topological polar surface area (TPSA) is 96.3 Å². The third-order valence-corrected chi connectivity index (χ3v) is 6.27. The number of sulfonamides is 1. The lowest BCUT2D eigenvalue weighted by atomic mass is 10.3. The Balaban J connectivity index is 2.48. The third-order valence-electron chi connectivity index (χ3n) is 2.57. The highest BCUT2D eigenvalue weighted by Crippen LogP contribution is 2.31. The fourth-order valence-electron chi connectivity index (χ4n) is 1.65. The summed E-state index contributed by atoms with van der Waals surface area (Å²) >= 11 is 2.10. The van der Waals surface area contributed by atoms with Crippen molar-refractivity contribution < 1.29 is 17.9 Å². The smallest absolute Gasteiger partial charge is 0.349 e.